The third kappa shape index (κ3) is 5.65. The van der Waals surface area contributed by atoms with Gasteiger partial charge in [0.05, 0.1) is 0 Å². The number of anilines is 1. The Morgan fingerprint density at radius 2 is 1.67 bits per heavy atom. The molecule has 4 heteroatoms. The topological polar surface area (TPSA) is 41.1 Å². The molecule has 21 heavy (non-hydrogen) atoms. The number of carbonyl (C=O) groups is 1. The van der Waals surface area contributed by atoms with Gasteiger partial charge in [0.25, 0.3) is 0 Å². The van der Waals surface area contributed by atoms with Crippen LogP contribution in [-0.2, 0) is 11.2 Å². The van der Waals surface area contributed by atoms with Crippen LogP contribution in [0.1, 0.15) is 12.0 Å². The van der Waals surface area contributed by atoms with Crippen LogP contribution >= 0.6 is 0 Å². The minimum Gasteiger partial charge on any atom is -0.385 e. The first-order valence-electron chi connectivity index (χ1n) is 7.04. The Morgan fingerprint density at radius 3 is 2.38 bits per heavy atom. The molecule has 0 saturated heterocycles. The summed E-state index contributed by atoms with van der Waals surface area (Å²) in [5.41, 5.74) is 2.02. The Morgan fingerprint density at radius 1 is 0.952 bits per heavy atom. The summed E-state index contributed by atoms with van der Waals surface area (Å²) in [6.45, 7) is 1.17. The summed E-state index contributed by atoms with van der Waals surface area (Å²) in [5.74, 6) is -0.227. The molecule has 0 aliphatic carbocycles. The summed E-state index contributed by atoms with van der Waals surface area (Å²) >= 11 is 0. The van der Waals surface area contributed by atoms with Crippen molar-refractivity contribution in [3.05, 3.63) is 66.0 Å². The van der Waals surface area contributed by atoms with Crippen LogP contribution in [0.15, 0.2) is 54.6 Å². The molecule has 0 radical (unpaired) electrons. The van der Waals surface area contributed by atoms with Crippen molar-refractivity contribution in [3.8, 4) is 0 Å². The summed E-state index contributed by atoms with van der Waals surface area (Å²) in [6, 6.07) is 16.1. The van der Waals surface area contributed by atoms with E-state index in [4.69, 9.17) is 0 Å². The fourth-order valence-electron chi connectivity index (χ4n) is 1.96. The minimum atomic E-state index is -0.241. The largest absolute Gasteiger partial charge is 0.385 e. The summed E-state index contributed by atoms with van der Waals surface area (Å²) in [5, 5.41) is 6.05. The van der Waals surface area contributed by atoms with Gasteiger partial charge in [-0.05, 0) is 36.2 Å². The second-order valence-corrected chi connectivity index (χ2v) is 4.77. The second-order valence-electron chi connectivity index (χ2n) is 4.77. The average Bonchev–Trinajstić information content (AvgIpc) is 2.50. The van der Waals surface area contributed by atoms with E-state index in [0.29, 0.717) is 25.9 Å². The number of amides is 1. The monoisotopic (exact) mass is 286 g/mol. The van der Waals surface area contributed by atoms with Crippen LogP contribution in [0, 0.1) is 5.82 Å². The maximum atomic E-state index is 12.7. The molecule has 0 saturated carbocycles. The van der Waals surface area contributed by atoms with Crippen molar-refractivity contribution < 1.29 is 9.18 Å². The highest BCUT2D eigenvalue weighted by molar-refractivity contribution is 5.76. The molecule has 0 fully saturated rings. The summed E-state index contributed by atoms with van der Waals surface area (Å²) in [4.78, 5) is 11.7. The van der Waals surface area contributed by atoms with Gasteiger partial charge in [-0.1, -0.05) is 30.3 Å². The van der Waals surface area contributed by atoms with Gasteiger partial charge < -0.3 is 10.6 Å². The number of hydrogen-bond donors (Lipinski definition) is 2. The average molecular weight is 286 g/mol. The fourth-order valence-corrected chi connectivity index (χ4v) is 1.96. The van der Waals surface area contributed by atoms with E-state index in [2.05, 4.69) is 10.6 Å². The van der Waals surface area contributed by atoms with Crippen molar-refractivity contribution in [1.29, 1.82) is 0 Å². The van der Waals surface area contributed by atoms with Gasteiger partial charge in [0, 0.05) is 25.2 Å². The maximum Gasteiger partial charge on any atom is 0.221 e. The molecule has 0 unspecified atom stereocenters. The van der Waals surface area contributed by atoms with Gasteiger partial charge in [-0.25, -0.2) is 4.39 Å². The van der Waals surface area contributed by atoms with Crippen LogP contribution in [0.25, 0.3) is 0 Å². The van der Waals surface area contributed by atoms with Gasteiger partial charge >= 0.3 is 0 Å². The van der Waals surface area contributed by atoms with Crippen LogP contribution in [-0.4, -0.2) is 19.0 Å². The maximum absolute atomic E-state index is 12.7. The standard InChI is InChI=1S/C17H19FN2O/c18-15-8-6-14(7-9-15)10-12-20-17(21)11-13-19-16-4-2-1-3-5-16/h1-9,19H,10-13H2,(H,20,21). The molecule has 0 heterocycles. The fraction of sp³-hybridized carbons (Fsp3) is 0.235. The first kappa shape index (κ1) is 15.0. The molecule has 0 aliphatic rings. The quantitative estimate of drug-likeness (QED) is 0.821. The number of carbonyl (C=O) groups excluding carboxylic acids is 1. The normalized spacial score (nSPS) is 10.1. The smallest absolute Gasteiger partial charge is 0.221 e. The lowest BCUT2D eigenvalue weighted by atomic mass is 10.1. The van der Waals surface area contributed by atoms with Crippen molar-refractivity contribution in [2.24, 2.45) is 0 Å². The van der Waals surface area contributed by atoms with E-state index >= 15 is 0 Å². The first-order valence-corrected chi connectivity index (χ1v) is 7.04. The summed E-state index contributed by atoms with van der Waals surface area (Å²) < 4.78 is 12.7. The van der Waals surface area contributed by atoms with Crippen molar-refractivity contribution >= 4 is 11.6 Å². The molecule has 2 aromatic rings. The minimum absolute atomic E-state index is 0.0144. The van der Waals surface area contributed by atoms with Gasteiger partial charge in [0.1, 0.15) is 5.82 Å². The van der Waals surface area contributed by atoms with Crippen molar-refractivity contribution in [2.75, 3.05) is 18.4 Å². The lowest BCUT2D eigenvalue weighted by Crippen LogP contribution is -2.27. The zero-order valence-corrected chi connectivity index (χ0v) is 11.8. The van der Waals surface area contributed by atoms with Gasteiger partial charge in [-0.3, -0.25) is 4.79 Å². The molecule has 2 rings (SSSR count). The summed E-state index contributed by atoms with van der Waals surface area (Å²) in [7, 11) is 0. The van der Waals surface area contributed by atoms with E-state index in [1.807, 2.05) is 30.3 Å². The van der Waals surface area contributed by atoms with Crippen molar-refractivity contribution in [2.45, 2.75) is 12.8 Å². The van der Waals surface area contributed by atoms with E-state index in [9.17, 15) is 9.18 Å². The Hall–Kier alpha value is -2.36. The number of benzene rings is 2. The lowest BCUT2D eigenvalue weighted by molar-refractivity contribution is -0.120. The highest BCUT2D eigenvalue weighted by atomic mass is 19.1. The Kier molecular flexibility index (Phi) is 5.76. The van der Waals surface area contributed by atoms with Crippen molar-refractivity contribution in [3.63, 3.8) is 0 Å². The Balaban J connectivity index is 1.60. The first-order chi connectivity index (χ1) is 10.2. The van der Waals surface area contributed by atoms with Gasteiger partial charge in [-0.15, -0.1) is 0 Å². The summed E-state index contributed by atoms with van der Waals surface area (Å²) in [6.07, 6.45) is 1.14. The number of hydrogen-bond acceptors (Lipinski definition) is 2. The number of rotatable bonds is 7. The third-order valence-electron chi connectivity index (χ3n) is 3.10. The SMILES string of the molecule is O=C(CCNc1ccccc1)NCCc1ccc(F)cc1. The van der Waals surface area contributed by atoms with Crippen LogP contribution in [0.2, 0.25) is 0 Å². The van der Waals surface area contributed by atoms with Gasteiger partial charge in [0.15, 0.2) is 0 Å². The highest BCUT2D eigenvalue weighted by Gasteiger charge is 2.01. The molecular formula is C17H19FN2O. The molecule has 0 spiro atoms. The number of halogens is 1. The van der Waals surface area contributed by atoms with E-state index in [1.165, 1.54) is 12.1 Å². The Bertz CT molecular complexity index is 555. The zero-order valence-electron chi connectivity index (χ0n) is 11.8. The van der Waals surface area contributed by atoms with Gasteiger partial charge in [0.2, 0.25) is 5.91 Å². The predicted octanol–water partition coefficient (Wildman–Crippen LogP) is 2.99. The third-order valence-corrected chi connectivity index (χ3v) is 3.10. The number of para-hydroxylation sites is 1. The molecule has 110 valence electrons. The molecule has 2 aromatic carbocycles. The van der Waals surface area contributed by atoms with Crippen molar-refractivity contribution in [1.82, 2.24) is 5.32 Å². The second kappa shape index (κ2) is 8.04. The molecule has 0 atom stereocenters. The molecule has 2 N–H and O–H groups in total. The van der Waals surface area contributed by atoms with E-state index in [1.54, 1.807) is 12.1 Å². The molecule has 0 bridgehead atoms. The molecule has 3 nitrogen and oxygen atoms in total. The molecular weight excluding hydrogens is 267 g/mol. The lowest BCUT2D eigenvalue weighted by Gasteiger charge is -2.07. The van der Waals surface area contributed by atoms with Gasteiger partial charge in [-0.2, -0.15) is 0 Å². The van der Waals surface area contributed by atoms with Crippen LogP contribution < -0.4 is 10.6 Å². The highest BCUT2D eigenvalue weighted by Crippen LogP contribution is 2.04. The molecule has 1 amide bonds. The van der Waals surface area contributed by atoms with E-state index < -0.39 is 0 Å². The van der Waals surface area contributed by atoms with Crippen LogP contribution in [0.4, 0.5) is 10.1 Å². The Labute approximate surface area is 124 Å². The number of nitrogens with one attached hydrogen (secondary N) is 2. The van der Waals surface area contributed by atoms with Crippen LogP contribution in [0.3, 0.4) is 0 Å². The molecule has 0 aromatic heterocycles. The van der Waals surface area contributed by atoms with E-state index in [0.717, 1.165) is 11.3 Å². The molecule has 0 aliphatic heterocycles. The van der Waals surface area contributed by atoms with E-state index in [-0.39, 0.29) is 11.7 Å². The van der Waals surface area contributed by atoms with Crippen LogP contribution in [0.5, 0.6) is 0 Å². The predicted molar refractivity (Wildman–Crippen MR) is 82.7 cm³/mol. The zero-order chi connectivity index (χ0) is 14.9.